The molecule has 3 rings (SSSR count). The second-order valence-corrected chi connectivity index (χ2v) is 5.91. The van der Waals surface area contributed by atoms with Gasteiger partial charge in [0.1, 0.15) is 0 Å². The van der Waals surface area contributed by atoms with Gasteiger partial charge < -0.3 is 9.13 Å². The normalized spacial score (nSPS) is 10.6. The first-order chi connectivity index (χ1) is 12.2. The fraction of sp³-hybridized carbons (Fsp3) is 0.143. The molecule has 0 saturated heterocycles. The third kappa shape index (κ3) is 4.04. The third-order valence-electron chi connectivity index (χ3n) is 4.18. The highest BCUT2D eigenvalue weighted by molar-refractivity contribution is 5.47. The molecule has 25 heavy (non-hydrogen) atoms. The van der Waals surface area contributed by atoms with Crippen LogP contribution in [-0.2, 0) is 19.5 Å². The van der Waals surface area contributed by atoms with Gasteiger partial charge in [-0.25, -0.2) is 0 Å². The summed E-state index contributed by atoms with van der Waals surface area (Å²) >= 11 is 0. The van der Waals surface area contributed by atoms with Crippen LogP contribution in [0.4, 0.5) is 0 Å². The van der Waals surface area contributed by atoms with E-state index in [1.54, 1.807) is 18.5 Å². The van der Waals surface area contributed by atoms with Crippen LogP contribution in [-0.4, -0.2) is 9.13 Å². The number of benzene rings is 2. The first-order valence-corrected chi connectivity index (χ1v) is 8.22. The molecule has 0 radical (unpaired) electrons. The number of aryl methyl sites for hydroxylation is 2. The first kappa shape index (κ1) is 16.7. The third-order valence-corrected chi connectivity index (χ3v) is 4.18. The smallest absolute Gasteiger partial charge is 0.309 e. The average molecular weight is 332 g/mol. The standard InChI is InChI=1S/C21H20N2O2/c1-2-17-8-10-19(11-9-17)16-23-15-14-22(20(24)21(23)25)13-12-18-6-4-3-5-7-18/h2-11,14-15H,1,12-13,16H2. The SMILES string of the molecule is C=Cc1ccc(Cn2ccn(CCc3ccccc3)c(=O)c2=O)cc1. The number of hydrogen-bond acceptors (Lipinski definition) is 2. The summed E-state index contributed by atoms with van der Waals surface area (Å²) < 4.78 is 2.93. The van der Waals surface area contributed by atoms with Crippen molar-refractivity contribution in [1.29, 1.82) is 0 Å². The van der Waals surface area contributed by atoms with Crippen LogP contribution in [0.25, 0.3) is 6.08 Å². The Morgan fingerprint density at radius 3 is 2.12 bits per heavy atom. The van der Waals surface area contributed by atoms with Gasteiger partial charge in [0, 0.05) is 18.9 Å². The Hall–Kier alpha value is -3.14. The molecule has 0 saturated carbocycles. The zero-order valence-corrected chi connectivity index (χ0v) is 14.0. The van der Waals surface area contributed by atoms with E-state index in [4.69, 9.17) is 0 Å². The molecule has 4 nitrogen and oxygen atoms in total. The van der Waals surface area contributed by atoms with Crippen molar-refractivity contribution in [3.05, 3.63) is 111 Å². The zero-order chi connectivity index (χ0) is 17.6. The quantitative estimate of drug-likeness (QED) is 0.652. The van der Waals surface area contributed by atoms with Crippen molar-refractivity contribution < 1.29 is 0 Å². The van der Waals surface area contributed by atoms with Crippen LogP contribution >= 0.6 is 0 Å². The van der Waals surface area contributed by atoms with E-state index in [2.05, 4.69) is 6.58 Å². The lowest BCUT2D eigenvalue weighted by Gasteiger charge is -2.09. The molecule has 4 heteroatoms. The van der Waals surface area contributed by atoms with Gasteiger partial charge in [0.05, 0.1) is 6.54 Å². The number of nitrogens with zero attached hydrogens (tertiary/aromatic N) is 2. The summed E-state index contributed by atoms with van der Waals surface area (Å²) in [7, 11) is 0. The van der Waals surface area contributed by atoms with Gasteiger partial charge in [0.2, 0.25) is 0 Å². The molecule has 1 heterocycles. The minimum absolute atomic E-state index is 0.380. The summed E-state index contributed by atoms with van der Waals surface area (Å²) in [5.74, 6) is 0. The first-order valence-electron chi connectivity index (χ1n) is 8.22. The molecule has 0 fully saturated rings. The predicted molar refractivity (Wildman–Crippen MR) is 101 cm³/mol. The molecule has 2 aromatic carbocycles. The Labute approximate surface area is 146 Å². The van der Waals surface area contributed by atoms with E-state index in [0.717, 1.165) is 16.7 Å². The lowest BCUT2D eigenvalue weighted by molar-refractivity contribution is 0.621. The van der Waals surface area contributed by atoms with Gasteiger partial charge in [-0.15, -0.1) is 0 Å². The minimum Gasteiger partial charge on any atom is -0.309 e. The van der Waals surface area contributed by atoms with Crippen LogP contribution in [0.1, 0.15) is 16.7 Å². The lowest BCUT2D eigenvalue weighted by Crippen LogP contribution is -2.41. The highest BCUT2D eigenvalue weighted by Crippen LogP contribution is 2.06. The Morgan fingerprint density at radius 1 is 0.800 bits per heavy atom. The Balaban J connectivity index is 1.76. The van der Waals surface area contributed by atoms with Crippen molar-refractivity contribution in [2.75, 3.05) is 0 Å². The van der Waals surface area contributed by atoms with E-state index in [-0.39, 0.29) is 0 Å². The molecule has 0 amide bonds. The summed E-state index contributed by atoms with van der Waals surface area (Å²) in [5.41, 5.74) is 2.15. The predicted octanol–water partition coefficient (Wildman–Crippen LogP) is 2.94. The van der Waals surface area contributed by atoms with Crippen LogP contribution in [0.3, 0.4) is 0 Å². The molecule has 0 spiro atoms. The maximum Gasteiger partial charge on any atom is 0.316 e. The lowest BCUT2D eigenvalue weighted by atomic mass is 10.1. The number of hydrogen-bond donors (Lipinski definition) is 0. The Bertz CT molecular complexity index is 967. The van der Waals surface area contributed by atoms with Gasteiger partial charge >= 0.3 is 11.1 Å². The van der Waals surface area contributed by atoms with E-state index < -0.39 is 11.1 Å². The molecule has 0 aliphatic rings. The average Bonchev–Trinajstić information content (AvgIpc) is 2.66. The Kier molecular flexibility index (Phi) is 5.09. The molecular formula is C21H20N2O2. The van der Waals surface area contributed by atoms with E-state index in [1.165, 1.54) is 9.13 Å². The van der Waals surface area contributed by atoms with Crippen LogP contribution in [0.5, 0.6) is 0 Å². The van der Waals surface area contributed by atoms with E-state index in [9.17, 15) is 9.59 Å². The summed E-state index contributed by atoms with van der Waals surface area (Å²) in [5, 5.41) is 0. The maximum atomic E-state index is 12.3. The summed E-state index contributed by atoms with van der Waals surface area (Å²) in [6, 6.07) is 17.7. The molecule has 0 aliphatic heterocycles. The highest BCUT2D eigenvalue weighted by Gasteiger charge is 2.06. The van der Waals surface area contributed by atoms with E-state index in [1.807, 2.05) is 54.6 Å². The van der Waals surface area contributed by atoms with Gasteiger partial charge in [-0.3, -0.25) is 9.59 Å². The van der Waals surface area contributed by atoms with Crippen molar-refractivity contribution >= 4 is 6.08 Å². The second kappa shape index (κ2) is 7.62. The minimum atomic E-state index is -0.497. The van der Waals surface area contributed by atoms with Crippen molar-refractivity contribution in [2.45, 2.75) is 19.5 Å². The summed E-state index contributed by atoms with van der Waals surface area (Å²) in [6.07, 6.45) is 5.85. The van der Waals surface area contributed by atoms with Gasteiger partial charge in [-0.1, -0.05) is 67.3 Å². The van der Waals surface area contributed by atoms with E-state index in [0.29, 0.717) is 19.5 Å². The maximum absolute atomic E-state index is 12.3. The molecule has 0 bridgehead atoms. The van der Waals surface area contributed by atoms with Gasteiger partial charge in [-0.05, 0) is 23.1 Å². The van der Waals surface area contributed by atoms with Gasteiger partial charge in [-0.2, -0.15) is 0 Å². The molecular weight excluding hydrogens is 312 g/mol. The van der Waals surface area contributed by atoms with Crippen molar-refractivity contribution in [3.8, 4) is 0 Å². The summed E-state index contributed by atoms with van der Waals surface area (Å²) in [4.78, 5) is 24.7. The molecule has 0 N–H and O–H groups in total. The van der Waals surface area contributed by atoms with Gasteiger partial charge in [0.15, 0.2) is 0 Å². The van der Waals surface area contributed by atoms with Crippen LogP contribution < -0.4 is 11.1 Å². The van der Waals surface area contributed by atoms with E-state index >= 15 is 0 Å². The Morgan fingerprint density at radius 2 is 1.44 bits per heavy atom. The molecule has 0 aliphatic carbocycles. The van der Waals surface area contributed by atoms with Crippen LogP contribution in [0, 0.1) is 0 Å². The van der Waals surface area contributed by atoms with Crippen molar-refractivity contribution in [3.63, 3.8) is 0 Å². The molecule has 0 unspecified atom stereocenters. The fourth-order valence-corrected chi connectivity index (χ4v) is 2.69. The second-order valence-electron chi connectivity index (χ2n) is 5.91. The molecule has 0 atom stereocenters. The molecule has 126 valence electrons. The van der Waals surface area contributed by atoms with Crippen molar-refractivity contribution in [1.82, 2.24) is 9.13 Å². The summed E-state index contributed by atoms with van der Waals surface area (Å²) in [6.45, 7) is 4.59. The number of rotatable bonds is 6. The topological polar surface area (TPSA) is 44.0 Å². The highest BCUT2D eigenvalue weighted by atomic mass is 16.2. The monoisotopic (exact) mass is 332 g/mol. The number of aromatic nitrogens is 2. The van der Waals surface area contributed by atoms with Crippen LogP contribution in [0.2, 0.25) is 0 Å². The fourth-order valence-electron chi connectivity index (χ4n) is 2.69. The van der Waals surface area contributed by atoms with Gasteiger partial charge in [0.25, 0.3) is 0 Å². The largest absolute Gasteiger partial charge is 0.316 e. The molecule has 3 aromatic rings. The van der Waals surface area contributed by atoms with Crippen molar-refractivity contribution in [2.24, 2.45) is 0 Å². The zero-order valence-electron chi connectivity index (χ0n) is 14.0. The van der Waals surface area contributed by atoms with Crippen LogP contribution in [0.15, 0.2) is 83.2 Å². The molecule has 1 aromatic heterocycles.